The highest BCUT2D eigenvalue weighted by Gasteiger charge is 2.24. The predicted molar refractivity (Wildman–Crippen MR) is 136 cm³/mol. The highest BCUT2D eigenvalue weighted by molar-refractivity contribution is 6.04. The number of hydrogen-bond acceptors (Lipinski definition) is 3. The minimum absolute atomic E-state index is 0.0989. The third-order valence-corrected chi connectivity index (χ3v) is 6.59. The molecule has 0 bridgehead atoms. The number of rotatable bonds is 5. The van der Waals surface area contributed by atoms with Crippen LogP contribution in [0.2, 0.25) is 0 Å². The normalized spacial score (nSPS) is 17.9. The molecule has 0 atom stereocenters. The van der Waals surface area contributed by atoms with E-state index in [2.05, 4.69) is 27.5 Å². The zero-order valence-corrected chi connectivity index (χ0v) is 19.2. The first-order chi connectivity index (χ1) is 16.5. The number of aromatic nitrogens is 2. The van der Waals surface area contributed by atoms with Crippen molar-refractivity contribution in [3.63, 3.8) is 0 Å². The van der Waals surface area contributed by atoms with E-state index < -0.39 is 0 Å². The third kappa shape index (κ3) is 4.86. The Labute approximate surface area is 198 Å². The Kier molecular flexibility index (Phi) is 6.12. The zero-order chi connectivity index (χ0) is 23.5. The molecule has 1 aromatic heterocycles. The van der Waals surface area contributed by atoms with E-state index in [0.29, 0.717) is 5.56 Å². The van der Waals surface area contributed by atoms with Crippen LogP contribution in [0.15, 0.2) is 72.8 Å². The number of amides is 2. The first-order valence-electron chi connectivity index (χ1n) is 11.8. The van der Waals surface area contributed by atoms with Gasteiger partial charge in [-0.2, -0.15) is 0 Å². The van der Waals surface area contributed by atoms with Crippen LogP contribution in [-0.2, 0) is 4.79 Å². The fourth-order valence-corrected chi connectivity index (χ4v) is 4.49. The lowest BCUT2D eigenvalue weighted by Crippen LogP contribution is -2.26. The summed E-state index contributed by atoms with van der Waals surface area (Å²) in [5, 5.41) is 5.97. The molecule has 3 aromatic carbocycles. The van der Waals surface area contributed by atoms with Gasteiger partial charge in [-0.1, -0.05) is 37.3 Å². The largest absolute Gasteiger partial charge is 0.338 e. The molecule has 6 heteroatoms. The Hall–Kier alpha value is -3.93. The van der Waals surface area contributed by atoms with Crippen molar-refractivity contribution in [3.05, 3.63) is 78.4 Å². The summed E-state index contributed by atoms with van der Waals surface area (Å²) < 4.78 is 0. The molecule has 0 unspecified atom stereocenters. The molecule has 1 heterocycles. The van der Waals surface area contributed by atoms with Gasteiger partial charge in [0.2, 0.25) is 5.91 Å². The number of nitrogens with zero attached hydrogens (tertiary/aromatic N) is 1. The van der Waals surface area contributed by atoms with Gasteiger partial charge in [0.05, 0.1) is 11.0 Å². The number of carbonyl (C=O) groups excluding carboxylic acids is 2. The van der Waals surface area contributed by atoms with Gasteiger partial charge < -0.3 is 15.6 Å². The standard InChI is InChI=1S/C28H28N4O2/c1-18-7-9-20(10-8-18)28(34)30-23-15-16-24-25(17-23)32-26(31-24)19-11-13-21(14-12-19)27(33)29-22-5-3-2-4-6-22/h2-6,11-18,20H,7-10H2,1H3,(H,29,33)(H,30,34)(H,31,32). The van der Waals surface area contributed by atoms with Crippen molar-refractivity contribution in [1.82, 2.24) is 9.97 Å². The molecule has 4 aromatic rings. The molecule has 5 rings (SSSR count). The van der Waals surface area contributed by atoms with Gasteiger partial charge in [-0.05, 0) is 74.1 Å². The Morgan fingerprint density at radius 3 is 2.32 bits per heavy atom. The molecule has 0 radical (unpaired) electrons. The maximum absolute atomic E-state index is 12.7. The maximum Gasteiger partial charge on any atom is 0.255 e. The van der Waals surface area contributed by atoms with E-state index in [1.807, 2.05) is 60.7 Å². The summed E-state index contributed by atoms with van der Waals surface area (Å²) in [4.78, 5) is 33.2. The van der Waals surface area contributed by atoms with Crippen molar-refractivity contribution in [3.8, 4) is 11.4 Å². The molecular weight excluding hydrogens is 424 g/mol. The quantitative estimate of drug-likeness (QED) is 0.335. The van der Waals surface area contributed by atoms with Gasteiger partial charge in [0.15, 0.2) is 0 Å². The Morgan fingerprint density at radius 1 is 0.853 bits per heavy atom. The summed E-state index contributed by atoms with van der Waals surface area (Å²) in [6.07, 6.45) is 4.16. The van der Waals surface area contributed by atoms with Crippen LogP contribution in [0.25, 0.3) is 22.4 Å². The lowest BCUT2D eigenvalue weighted by Gasteiger charge is -2.25. The minimum Gasteiger partial charge on any atom is -0.338 e. The topological polar surface area (TPSA) is 86.9 Å². The molecular formula is C28H28N4O2. The number of nitrogens with one attached hydrogen (secondary N) is 3. The van der Waals surface area contributed by atoms with Crippen molar-refractivity contribution in [2.75, 3.05) is 10.6 Å². The van der Waals surface area contributed by atoms with Crippen molar-refractivity contribution < 1.29 is 9.59 Å². The maximum atomic E-state index is 12.7. The molecule has 34 heavy (non-hydrogen) atoms. The molecule has 1 aliphatic rings. The number of hydrogen-bond donors (Lipinski definition) is 3. The van der Waals surface area contributed by atoms with Crippen molar-refractivity contribution in [2.24, 2.45) is 11.8 Å². The third-order valence-electron chi connectivity index (χ3n) is 6.59. The first-order valence-corrected chi connectivity index (χ1v) is 11.8. The number of fused-ring (bicyclic) bond motifs is 1. The van der Waals surface area contributed by atoms with E-state index in [0.717, 1.165) is 65.4 Å². The predicted octanol–water partition coefficient (Wildman–Crippen LogP) is 6.25. The second-order valence-electron chi connectivity index (χ2n) is 9.16. The van der Waals surface area contributed by atoms with Crippen LogP contribution >= 0.6 is 0 Å². The smallest absolute Gasteiger partial charge is 0.255 e. The number of H-pyrrole nitrogens is 1. The number of carbonyl (C=O) groups is 2. The molecule has 0 spiro atoms. The summed E-state index contributed by atoms with van der Waals surface area (Å²) in [6, 6.07) is 22.5. The van der Waals surface area contributed by atoms with Gasteiger partial charge in [-0.3, -0.25) is 9.59 Å². The summed E-state index contributed by atoms with van der Waals surface area (Å²) in [5.74, 6) is 1.48. The second-order valence-corrected chi connectivity index (χ2v) is 9.16. The molecule has 0 aliphatic heterocycles. The lowest BCUT2D eigenvalue weighted by molar-refractivity contribution is -0.121. The van der Waals surface area contributed by atoms with Gasteiger partial charge in [-0.15, -0.1) is 0 Å². The molecule has 2 amide bonds. The van der Waals surface area contributed by atoms with Crippen molar-refractivity contribution in [2.45, 2.75) is 32.6 Å². The number of anilines is 2. The van der Waals surface area contributed by atoms with E-state index in [4.69, 9.17) is 0 Å². The van der Waals surface area contributed by atoms with E-state index in [-0.39, 0.29) is 17.7 Å². The van der Waals surface area contributed by atoms with E-state index >= 15 is 0 Å². The van der Waals surface area contributed by atoms with Crippen LogP contribution < -0.4 is 10.6 Å². The van der Waals surface area contributed by atoms with Gasteiger partial charge >= 0.3 is 0 Å². The van der Waals surface area contributed by atoms with Crippen LogP contribution in [0.5, 0.6) is 0 Å². The van der Waals surface area contributed by atoms with Gasteiger partial charge in [0.1, 0.15) is 5.82 Å². The highest BCUT2D eigenvalue weighted by Crippen LogP contribution is 2.30. The number of para-hydroxylation sites is 1. The minimum atomic E-state index is -0.157. The van der Waals surface area contributed by atoms with Gasteiger partial charge in [-0.25, -0.2) is 4.98 Å². The summed E-state index contributed by atoms with van der Waals surface area (Å²) in [7, 11) is 0. The summed E-state index contributed by atoms with van der Waals surface area (Å²) in [5.41, 5.74) is 4.68. The SMILES string of the molecule is CC1CCC(C(=O)Nc2ccc3nc(-c4ccc(C(=O)Nc5ccccc5)cc4)[nH]c3c2)CC1. The fraction of sp³-hybridized carbons (Fsp3) is 0.250. The lowest BCUT2D eigenvalue weighted by atomic mass is 9.82. The Bertz CT molecular complexity index is 1300. The average Bonchev–Trinajstić information content (AvgIpc) is 3.28. The van der Waals surface area contributed by atoms with E-state index in [1.165, 1.54) is 0 Å². The van der Waals surface area contributed by atoms with Gasteiger partial charge in [0, 0.05) is 28.4 Å². The molecule has 1 fully saturated rings. The average molecular weight is 453 g/mol. The monoisotopic (exact) mass is 452 g/mol. The molecule has 172 valence electrons. The fourth-order valence-electron chi connectivity index (χ4n) is 4.49. The summed E-state index contributed by atoms with van der Waals surface area (Å²) in [6.45, 7) is 2.25. The van der Waals surface area contributed by atoms with Gasteiger partial charge in [0.25, 0.3) is 5.91 Å². The van der Waals surface area contributed by atoms with Crippen LogP contribution in [0, 0.1) is 11.8 Å². The van der Waals surface area contributed by atoms with E-state index in [1.54, 1.807) is 12.1 Å². The molecule has 6 nitrogen and oxygen atoms in total. The first kappa shape index (κ1) is 21.9. The molecule has 1 saturated carbocycles. The van der Waals surface area contributed by atoms with Crippen LogP contribution in [-0.4, -0.2) is 21.8 Å². The van der Waals surface area contributed by atoms with Crippen LogP contribution in [0.1, 0.15) is 43.0 Å². The number of aromatic amines is 1. The Balaban J connectivity index is 1.28. The molecule has 3 N–H and O–H groups in total. The summed E-state index contributed by atoms with van der Waals surface area (Å²) >= 11 is 0. The molecule has 1 aliphatic carbocycles. The Morgan fingerprint density at radius 2 is 1.59 bits per heavy atom. The molecule has 0 saturated heterocycles. The van der Waals surface area contributed by atoms with Crippen LogP contribution in [0.3, 0.4) is 0 Å². The number of benzene rings is 3. The van der Waals surface area contributed by atoms with Crippen LogP contribution in [0.4, 0.5) is 11.4 Å². The highest BCUT2D eigenvalue weighted by atomic mass is 16.2. The number of imidazole rings is 1. The second kappa shape index (κ2) is 9.51. The van der Waals surface area contributed by atoms with E-state index in [9.17, 15) is 9.59 Å². The van der Waals surface area contributed by atoms with Crippen molar-refractivity contribution >= 4 is 34.2 Å². The van der Waals surface area contributed by atoms with Crippen molar-refractivity contribution in [1.29, 1.82) is 0 Å². The zero-order valence-electron chi connectivity index (χ0n) is 19.2.